The van der Waals surface area contributed by atoms with E-state index in [1.807, 2.05) is 18.0 Å². The van der Waals surface area contributed by atoms with Gasteiger partial charge in [0.1, 0.15) is 11.9 Å². The Morgan fingerprint density at radius 2 is 2.38 bits per heavy atom. The molecule has 16 heavy (non-hydrogen) atoms. The molecule has 84 valence electrons. The lowest BCUT2D eigenvalue weighted by atomic mass is 10.3. The molecule has 0 amide bonds. The average Bonchev–Trinajstić information content (AvgIpc) is 2.35. The number of nitriles is 1. The second-order valence-electron chi connectivity index (χ2n) is 3.26. The summed E-state index contributed by atoms with van der Waals surface area (Å²) in [5.41, 5.74) is 0.519. The Balaban J connectivity index is 2.56. The predicted octanol–water partition coefficient (Wildman–Crippen LogP) is 0.953. The first-order valence-corrected chi connectivity index (χ1v) is 4.81. The number of pyridine rings is 1. The fourth-order valence-corrected chi connectivity index (χ4v) is 1.15. The molecule has 1 aromatic heterocycles. The molecule has 0 aliphatic heterocycles. The van der Waals surface area contributed by atoms with Crippen LogP contribution in [0, 0.1) is 11.3 Å². The lowest BCUT2D eigenvalue weighted by Gasteiger charge is -2.16. The number of methoxy groups -OCH3 is 1. The molecule has 0 aliphatic rings. The molecule has 0 fully saturated rings. The largest absolute Gasteiger partial charge is 0.469 e. The Hall–Kier alpha value is -2.09. The first-order valence-electron chi connectivity index (χ1n) is 4.81. The van der Waals surface area contributed by atoms with Gasteiger partial charge in [0.15, 0.2) is 0 Å². The molecule has 1 heterocycles. The zero-order valence-electron chi connectivity index (χ0n) is 9.30. The first-order chi connectivity index (χ1) is 7.67. The highest BCUT2D eigenvalue weighted by molar-refractivity contribution is 5.69. The number of hydrogen-bond donors (Lipinski definition) is 0. The van der Waals surface area contributed by atoms with Gasteiger partial charge in [-0.25, -0.2) is 4.98 Å². The van der Waals surface area contributed by atoms with Crippen LogP contribution in [0.5, 0.6) is 0 Å². The topological polar surface area (TPSA) is 66.2 Å². The van der Waals surface area contributed by atoms with Crippen molar-refractivity contribution < 1.29 is 9.53 Å². The fourth-order valence-electron chi connectivity index (χ4n) is 1.15. The third kappa shape index (κ3) is 3.24. The van der Waals surface area contributed by atoms with E-state index in [9.17, 15) is 4.79 Å². The Labute approximate surface area is 94.3 Å². The molecule has 0 aromatic carbocycles. The van der Waals surface area contributed by atoms with Gasteiger partial charge in [0.25, 0.3) is 0 Å². The highest BCUT2D eigenvalue weighted by Crippen LogP contribution is 2.09. The van der Waals surface area contributed by atoms with Crippen LogP contribution in [0.25, 0.3) is 0 Å². The normalized spacial score (nSPS) is 9.31. The summed E-state index contributed by atoms with van der Waals surface area (Å²) in [6.07, 6.45) is 1.82. The van der Waals surface area contributed by atoms with Crippen LogP contribution in [0.3, 0.4) is 0 Å². The van der Waals surface area contributed by atoms with Crippen LogP contribution >= 0.6 is 0 Å². The molecule has 0 unspecified atom stereocenters. The molecule has 0 saturated carbocycles. The molecule has 0 aliphatic carbocycles. The van der Waals surface area contributed by atoms with Crippen molar-refractivity contribution in [1.29, 1.82) is 5.26 Å². The van der Waals surface area contributed by atoms with E-state index >= 15 is 0 Å². The van der Waals surface area contributed by atoms with Gasteiger partial charge >= 0.3 is 5.97 Å². The van der Waals surface area contributed by atoms with Crippen molar-refractivity contribution in [3.63, 3.8) is 0 Å². The highest BCUT2D eigenvalue weighted by Gasteiger charge is 2.06. The maximum absolute atomic E-state index is 10.9. The summed E-state index contributed by atoms with van der Waals surface area (Å²) in [5.74, 6) is 0.475. The summed E-state index contributed by atoms with van der Waals surface area (Å²) in [4.78, 5) is 16.9. The van der Waals surface area contributed by atoms with Crippen molar-refractivity contribution in [2.75, 3.05) is 25.6 Å². The van der Waals surface area contributed by atoms with Gasteiger partial charge in [-0.3, -0.25) is 4.79 Å². The second kappa shape index (κ2) is 5.71. The van der Waals surface area contributed by atoms with E-state index < -0.39 is 0 Å². The molecule has 0 atom stereocenters. The van der Waals surface area contributed by atoms with Gasteiger partial charge in [-0.1, -0.05) is 0 Å². The van der Waals surface area contributed by atoms with Gasteiger partial charge in [-0.15, -0.1) is 0 Å². The third-order valence-electron chi connectivity index (χ3n) is 2.15. The minimum Gasteiger partial charge on any atom is -0.469 e. The summed E-state index contributed by atoms with van der Waals surface area (Å²) >= 11 is 0. The minimum absolute atomic E-state index is 0.250. The number of carbonyl (C=O) groups excluding carboxylic acids is 1. The van der Waals surface area contributed by atoms with Crippen molar-refractivity contribution in [2.24, 2.45) is 0 Å². The summed E-state index contributed by atoms with van der Waals surface area (Å²) in [6, 6.07) is 5.43. The van der Waals surface area contributed by atoms with E-state index in [2.05, 4.69) is 9.72 Å². The molecule has 1 aromatic rings. The van der Waals surface area contributed by atoms with Crippen molar-refractivity contribution in [1.82, 2.24) is 4.98 Å². The number of aromatic nitrogens is 1. The Bertz CT molecular complexity index is 395. The van der Waals surface area contributed by atoms with E-state index in [1.54, 1.807) is 12.1 Å². The maximum Gasteiger partial charge on any atom is 0.307 e. The molecule has 0 saturated heterocycles. The van der Waals surface area contributed by atoms with Gasteiger partial charge in [0.2, 0.25) is 0 Å². The van der Waals surface area contributed by atoms with Gasteiger partial charge in [-0.05, 0) is 12.1 Å². The number of ether oxygens (including phenoxy) is 1. The second-order valence-corrected chi connectivity index (χ2v) is 3.26. The molecular formula is C11H13N3O2. The van der Waals surface area contributed by atoms with Gasteiger partial charge in [0, 0.05) is 19.8 Å². The maximum atomic E-state index is 10.9. The number of nitrogens with zero attached hydrogens (tertiary/aromatic N) is 3. The molecule has 0 bridgehead atoms. The highest BCUT2D eigenvalue weighted by atomic mass is 16.5. The van der Waals surface area contributed by atoms with Crippen LogP contribution in [0.1, 0.15) is 12.0 Å². The number of rotatable bonds is 4. The first kappa shape index (κ1) is 12.0. The molecule has 1 rings (SSSR count). The standard InChI is InChI=1S/C11H13N3O2/c1-14(6-5-11(15)16-2)10-4-3-9(7-12)8-13-10/h3-4,8H,5-6H2,1-2H3. The quantitative estimate of drug-likeness (QED) is 0.705. The summed E-state index contributed by atoms with van der Waals surface area (Å²) < 4.78 is 4.54. The zero-order chi connectivity index (χ0) is 12.0. The fraction of sp³-hybridized carbons (Fsp3) is 0.364. The van der Waals surface area contributed by atoms with E-state index in [1.165, 1.54) is 13.3 Å². The van der Waals surface area contributed by atoms with E-state index in [-0.39, 0.29) is 5.97 Å². The SMILES string of the molecule is COC(=O)CCN(C)c1ccc(C#N)cn1. The number of anilines is 1. The molecule has 0 spiro atoms. The van der Waals surface area contributed by atoms with Crippen LogP contribution in [0.15, 0.2) is 18.3 Å². The van der Waals surface area contributed by atoms with Crippen molar-refractivity contribution in [3.8, 4) is 6.07 Å². The smallest absolute Gasteiger partial charge is 0.307 e. The Morgan fingerprint density at radius 1 is 1.62 bits per heavy atom. The molecular weight excluding hydrogens is 206 g/mol. The van der Waals surface area contributed by atoms with Crippen LogP contribution in [-0.2, 0) is 9.53 Å². The predicted molar refractivity (Wildman–Crippen MR) is 58.9 cm³/mol. The van der Waals surface area contributed by atoms with Crippen LogP contribution in [0.4, 0.5) is 5.82 Å². The van der Waals surface area contributed by atoms with Crippen molar-refractivity contribution in [2.45, 2.75) is 6.42 Å². The van der Waals surface area contributed by atoms with Crippen molar-refractivity contribution in [3.05, 3.63) is 23.9 Å². The van der Waals surface area contributed by atoms with Crippen LogP contribution in [-0.4, -0.2) is 31.7 Å². The minimum atomic E-state index is -0.250. The van der Waals surface area contributed by atoms with E-state index in [0.717, 1.165) is 5.82 Å². The van der Waals surface area contributed by atoms with Crippen LogP contribution in [0.2, 0.25) is 0 Å². The number of carbonyl (C=O) groups is 1. The summed E-state index contributed by atoms with van der Waals surface area (Å²) in [7, 11) is 3.19. The Kier molecular flexibility index (Phi) is 4.28. The third-order valence-corrected chi connectivity index (χ3v) is 2.15. The lowest BCUT2D eigenvalue weighted by Crippen LogP contribution is -2.22. The molecule has 5 nitrogen and oxygen atoms in total. The van der Waals surface area contributed by atoms with Crippen molar-refractivity contribution >= 4 is 11.8 Å². The lowest BCUT2D eigenvalue weighted by molar-refractivity contribution is -0.140. The molecule has 0 radical (unpaired) electrons. The average molecular weight is 219 g/mol. The molecule has 0 N–H and O–H groups in total. The molecule has 5 heteroatoms. The van der Waals surface area contributed by atoms with Crippen LogP contribution < -0.4 is 4.90 Å². The number of hydrogen-bond acceptors (Lipinski definition) is 5. The van der Waals surface area contributed by atoms with E-state index in [4.69, 9.17) is 5.26 Å². The summed E-state index contributed by atoms with van der Waals surface area (Å²) in [6.45, 7) is 0.533. The van der Waals surface area contributed by atoms with Gasteiger partial charge < -0.3 is 9.64 Å². The Morgan fingerprint density at radius 3 is 2.88 bits per heavy atom. The number of esters is 1. The van der Waals surface area contributed by atoms with E-state index in [0.29, 0.717) is 18.5 Å². The monoisotopic (exact) mass is 219 g/mol. The van der Waals surface area contributed by atoms with Gasteiger partial charge in [-0.2, -0.15) is 5.26 Å². The summed E-state index contributed by atoms with van der Waals surface area (Å²) in [5, 5.41) is 8.61. The van der Waals surface area contributed by atoms with Gasteiger partial charge in [0.05, 0.1) is 19.1 Å². The zero-order valence-corrected chi connectivity index (χ0v) is 9.30.